The van der Waals surface area contributed by atoms with Crippen molar-refractivity contribution in [3.05, 3.63) is 26.6 Å². The molecular weight excluding hydrogens is 300 g/mol. The first-order valence-corrected chi connectivity index (χ1v) is 5.34. The van der Waals surface area contributed by atoms with Crippen LogP contribution >= 0.6 is 31.9 Å². The number of halogens is 2. The van der Waals surface area contributed by atoms with Gasteiger partial charge in [-0.2, -0.15) is 0 Å². The zero-order valence-corrected chi connectivity index (χ0v) is 9.93. The molecule has 4 heteroatoms. The molecule has 0 aliphatic carbocycles. The molecule has 0 amide bonds. The minimum Gasteiger partial charge on any atom is -0.506 e. The average molecular weight is 308 g/mol. The summed E-state index contributed by atoms with van der Waals surface area (Å²) in [6, 6.07) is 3.57. The third-order valence-electron chi connectivity index (χ3n) is 1.64. The smallest absolute Gasteiger partial charge is 0.133 e. The van der Waals surface area contributed by atoms with Crippen LogP contribution in [0.4, 0.5) is 0 Å². The van der Waals surface area contributed by atoms with Gasteiger partial charge in [0.15, 0.2) is 0 Å². The van der Waals surface area contributed by atoms with E-state index >= 15 is 0 Å². The lowest BCUT2D eigenvalue weighted by Crippen LogP contribution is -1.88. The molecule has 2 nitrogen and oxygen atoms in total. The molecule has 0 saturated heterocycles. The predicted octanol–water partition coefficient (Wildman–Crippen LogP) is 3.05. The minimum absolute atomic E-state index is 0.213. The van der Waals surface area contributed by atoms with Gasteiger partial charge in [0.2, 0.25) is 0 Å². The third kappa shape index (κ3) is 2.81. The van der Waals surface area contributed by atoms with Gasteiger partial charge in [-0.1, -0.05) is 15.9 Å². The number of carbonyl (C=O) groups is 1. The fourth-order valence-corrected chi connectivity index (χ4v) is 2.34. The zero-order chi connectivity index (χ0) is 9.84. The zero-order valence-electron chi connectivity index (χ0n) is 6.76. The molecule has 1 N–H and O–H groups in total. The van der Waals surface area contributed by atoms with Crippen molar-refractivity contribution in [1.82, 2.24) is 0 Å². The number of aromatic hydroxyl groups is 1. The Labute approximate surface area is 93.2 Å². The van der Waals surface area contributed by atoms with Gasteiger partial charge in [-0.3, -0.25) is 0 Å². The Hall–Kier alpha value is -0.350. The number of hydrogen-bond donors (Lipinski definition) is 1. The van der Waals surface area contributed by atoms with Gasteiger partial charge in [-0.25, -0.2) is 0 Å². The van der Waals surface area contributed by atoms with Gasteiger partial charge in [-0.15, -0.1) is 0 Å². The van der Waals surface area contributed by atoms with E-state index in [-0.39, 0.29) is 5.75 Å². The molecule has 0 unspecified atom stereocenters. The van der Waals surface area contributed by atoms with Crippen molar-refractivity contribution in [2.75, 3.05) is 0 Å². The second-order valence-corrected chi connectivity index (χ2v) is 4.37. The number of rotatable bonds is 3. The van der Waals surface area contributed by atoms with Crippen LogP contribution < -0.4 is 0 Å². The van der Waals surface area contributed by atoms with Crippen LogP contribution in [0.25, 0.3) is 0 Å². The van der Waals surface area contributed by atoms with Gasteiger partial charge in [0, 0.05) is 10.9 Å². The Morgan fingerprint density at radius 3 is 2.69 bits per heavy atom. The largest absolute Gasteiger partial charge is 0.506 e. The third-order valence-corrected chi connectivity index (χ3v) is 2.70. The average Bonchev–Trinajstić information content (AvgIpc) is 2.09. The maximum atomic E-state index is 10.2. The summed E-state index contributed by atoms with van der Waals surface area (Å²) < 4.78 is 1.53. The number of aryl methyl sites for hydroxylation is 1. The first kappa shape index (κ1) is 10.7. The van der Waals surface area contributed by atoms with Crippen LogP contribution in [-0.4, -0.2) is 11.4 Å². The second kappa shape index (κ2) is 4.77. The number of hydrogen-bond acceptors (Lipinski definition) is 2. The van der Waals surface area contributed by atoms with Gasteiger partial charge < -0.3 is 9.90 Å². The molecule has 1 aromatic rings. The van der Waals surface area contributed by atoms with Gasteiger partial charge in [0.05, 0.1) is 4.47 Å². The molecule has 0 aliphatic rings. The molecule has 0 bridgehead atoms. The highest BCUT2D eigenvalue weighted by molar-refractivity contribution is 9.11. The van der Waals surface area contributed by atoms with Gasteiger partial charge >= 0.3 is 0 Å². The highest BCUT2D eigenvalue weighted by Gasteiger charge is 2.06. The first-order valence-electron chi connectivity index (χ1n) is 3.75. The quantitative estimate of drug-likeness (QED) is 0.872. The highest BCUT2D eigenvalue weighted by atomic mass is 79.9. The van der Waals surface area contributed by atoms with Crippen molar-refractivity contribution in [2.45, 2.75) is 12.8 Å². The van der Waals surface area contributed by atoms with E-state index in [1.807, 2.05) is 6.07 Å². The van der Waals surface area contributed by atoms with E-state index in [9.17, 15) is 9.90 Å². The second-order valence-electron chi connectivity index (χ2n) is 2.60. The number of aldehydes is 1. The van der Waals surface area contributed by atoms with E-state index in [2.05, 4.69) is 31.9 Å². The van der Waals surface area contributed by atoms with Crippen LogP contribution in [0.1, 0.15) is 12.0 Å². The molecule has 0 saturated carbocycles. The summed E-state index contributed by atoms with van der Waals surface area (Å²) in [5.74, 6) is 0.213. The van der Waals surface area contributed by atoms with Crippen molar-refractivity contribution in [3.63, 3.8) is 0 Å². The van der Waals surface area contributed by atoms with Crippen LogP contribution in [0.5, 0.6) is 5.75 Å². The molecular formula is C9H8Br2O2. The van der Waals surface area contributed by atoms with Gasteiger partial charge in [0.1, 0.15) is 12.0 Å². The topological polar surface area (TPSA) is 37.3 Å². The van der Waals surface area contributed by atoms with E-state index in [0.29, 0.717) is 17.3 Å². The molecule has 1 rings (SSSR count). The number of carbonyl (C=O) groups excluding carboxylic acids is 1. The molecule has 0 aromatic heterocycles. The summed E-state index contributed by atoms with van der Waals surface area (Å²) in [4.78, 5) is 10.2. The van der Waals surface area contributed by atoms with Crippen molar-refractivity contribution in [1.29, 1.82) is 0 Å². The number of benzene rings is 1. The predicted molar refractivity (Wildman–Crippen MR) is 57.9 cm³/mol. The van der Waals surface area contributed by atoms with E-state index in [1.165, 1.54) is 0 Å². The van der Waals surface area contributed by atoms with Crippen LogP contribution in [0.15, 0.2) is 21.1 Å². The number of phenolic OH excluding ortho intramolecular Hbond substituents is 1. The monoisotopic (exact) mass is 306 g/mol. The molecule has 0 fully saturated rings. The fraction of sp³-hybridized carbons (Fsp3) is 0.222. The normalized spacial score (nSPS) is 10.0. The Morgan fingerprint density at radius 1 is 1.38 bits per heavy atom. The standard InChI is InChI=1S/C9H8Br2O2/c10-7-4-6(2-1-3-12)9(13)8(11)5-7/h3-5,13H,1-2H2. The van der Waals surface area contributed by atoms with Crippen molar-refractivity contribution in [3.8, 4) is 5.75 Å². The van der Waals surface area contributed by atoms with Gasteiger partial charge in [-0.05, 0) is 40.0 Å². The molecule has 70 valence electrons. The lowest BCUT2D eigenvalue weighted by molar-refractivity contribution is -0.107. The first-order chi connectivity index (χ1) is 6.15. The van der Waals surface area contributed by atoms with Gasteiger partial charge in [0.25, 0.3) is 0 Å². The van der Waals surface area contributed by atoms with Crippen molar-refractivity contribution in [2.24, 2.45) is 0 Å². The molecule has 0 radical (unpaired) electrons. The highest BCUT2D eigenvalue weighted by Crippen LogP contribution is 2.32. The van der Waals surface area contributed by atoms with Crippen molar-refractivity contribution >= 4 is 38.1 Å². The van der Waals surface area contributed by atoms with Crippen LogP contribution in [0.2, 0.25) is 0 Å². The SMILES string of the molecule is O=CCCc1cc(Br)cc(Br)c1O. The molecule has 1 aromatic carbocycles. The lowest BCUT2D eigenvalue weighted by atomic mass is 10.1. The Morgan fingerprint density at radius 2 is 2.08 bits per heavy atom. The lowest BCUT2D eigenvalue weighted by Gasteiger charge is -2.05. The molecule has 0 atom stereocenters. The molecule has 0 spiro atoms. The summed E-state index contributed by atoms with van der Waals surface area (Å²) in [5, 5.41) is 9.56. The maximum Gasteiger partial charge on any atom is 0.133 e. The molecule has 0 heterocycles. The van der Waals surface area contributed by atoms with Crippen LogP contribution in [-0.2, 0) is 11.2 Å². The molecule has 0 aliphatic heterocycles. The molecule has 13 heavy (non-hydrogen) atoms. The maximum absolute atomic E-state index is 10.2. The Bertz CT molecular complexity index is 324. The van der Waals surface area contributed by atoms with Crippen molar-refractivity contribution < 1.29 is 9.90 Å². The summed E-state index contributed by atoms with van der Waals surface area (Å²) >= 11 is 6.53. The number of phenols is 1. The van der Waals surface area contributed by atoms with Crippen LogP contribution in [0, 0.1) is 0 Å². The summed E-state index contributed by atoms with van der Waals surface area (Å²) in [6.45, 7) is 0. The van der Waals surface area contributed by atoms with Crippen LogP contribution in [0.3, 0.4) is 0 Å². The van der Waals surface area contributed by atoms with E-state index in [1.54, 1.807) is 6.07 Å². The summed E-state index contributed by atoms with van der Waals surface area (Å²) in [7, 11) is 0. The van der Waals surface area contributed by atoms with E-state index in [4.69, 9.17) is 0 Å². The Kier molecular flexibility index (Phi) is 3.93. The fourth-order valence-electron chi connectivity index (χ4n) is 1.02. The summed E-state index contributed by atoms with van der Waals surface area (Å²) in [6.07, 6.45) is 1.83. The minimum atomic E-state index is 0.213. The Balaban J connectivity index is 2.98. The summed E-state index contributed by atoms with van der Waals surface area (Å²) in [5.41, 5.74) is 0.772. The van der Waals surface area contributed by atoms with E-state index < -0.39 is 0 Å². The van der Waals surface area contributed by atoms with E-state index in [0.717, 1.165) is 16.3 Å².